The molecule has 0 aliphatic heterocycles. The zero-order chi connectivity index (χ0) is 12.3. The Balaban J connectivity index is 2.43. The van der Waals surface area contributed by atoms with Crippen LogP contribution in [-0.4, -0.2) is 17.4 Å². The Kier molecular flexibility index (Phi) is 2.88. The highest BCUT2D eigenvalue weighted by Gasteiger charge is 2.09. The molecule has 0 bridgehead atoms. The number of benzene rings is 1. The van der Waals surface area contributed by atoms with Gasteiger partial charge in [0.05, 0.1) is 11.6 Å². The summed E-state index contributed by atoms with van der Waals surface area (Å²) >= 11 is 0. The average molecular weight is 226 g/mol. The van der Waals surface area contributed by atoms with Crippen LogP contribution in [0.2, 0.25) is 0 Å². The quantitative estimate of drug-likeness (QED) is 0.749. The Bertz CT molecular complexity index is 615. The van der Waals surface area contributed by atoms with Crippen molar-refractivity contribution < 1.29 is 4.79 Å². The second kappa shape index (κ2) is 4.49. The van der Waals surface area contributed by atoms with Crippen LogP contribution < -0.4 is 11.1 Å². The number of carbonyl (C=O) groups is 1. The first-order chi connectivity index (χ1) is 8.22. The number of nitrogens with two attached hydrogens (primary N) is 1. The summed E-state index contributed by atoms with van der Waals surface area (Å²) in [6.07, 6.45) is 0. The molecule has 2 rings (SSSR count). The van der Waals surface area contributed by atoms with Crippen LogP contribution in [0.5, 0.6) is 0 Å². The highest BCUT2D eigenvalue weighted by Crippen LogP contribution is 2.19. The molecule has 3 N–H and O–H groups in total. The lowest BCUT2D eigenvalue weighted by Gasteiger charge is -2.05. The molecule has 0 saturated carbocycles. The van der Waals surface area contributed by atoms with E-state index in [2.05, 4.69) is 10.3 Å². The Morgan fingerprint density at radius 1 is 1.47 bits per heavy atom. The van der Waals surface area contributed by atoms with Crippen LogP contribution in [0.3, 0.4) is 0 Å². The third-order valence-electron chi connectivity index (χ3n) is 2.31. The van der Waals surface area contributed by atoms with Crippen molar-refractivity contribution in [1.82, 2.24) is 10.3 Å². The summed E-state index contributed by atoms with van der Waals surface area (Å²) in [4.78, 5) is 15.8. The SMILES string of the molecule is N#CCNC(=O)c1cc(N)c2ccccc2n1. The van der Waals surface area contributed by atoms with Crippen molar-refractivity contribution in [1.29, 1.82) is 5.26 Å². The first kappa shape index (κ1) is 10.9. The maximum atomic E-state index is 11.6. The van der Waals surface area contributed by atoms with E-state index in [4.69, 9.17) is 11.0 Å². The Labute approximate surface area is 97.9 Å². The summed E-state index contributed by atoms with van der Waals surface area (Å²) in [5.74, 6) is -0.399. The zero-order valence-corrected chi connectivity index (χ0v) is 8.97. The molecule has 0 atom stereocenters. The average Bonchev–Trinajstić information content (AvgIpc) is 2.36. The Morgan fingerprint density at radius 2 is 2.24 bits per heavy atom. The summed E-state index contributed by atoms with van der Waals surface area (Å²) in [6.45, 7) is -0.0484. The predicted octanol–water partition coefficient (Wildman–Crippen LogP) is 1.07. The van der Waals surface area contributed by atoms with Crippen molar-refractivity contribution in [2.75, 3.05) is 12.3 Å². The third kappa shape index (κ3) is 2.16. The maximum absolute atomic E-state index is 11.6. The normalized spacial score (nSPS) is 9.82. The van der Waals surface area contributed by atoms with Gasteiger partial charge in [0.2, 0.25) is 0 Å². The molecule has 0 aliphatic rings. The molecule has 1 aromatic heterocycles. The van der Waals surface area contributed by atoms with Crippen molar-refractivity contribution in [2.24, 2.45) is 0 Å². The van der Waals surface area contributed by atoms with Crippen molar-refractivity contribution in [2.45, 2.75) is 0 Å². The fourth-order valence-corrected chi connectivity index (χ4v) is 1.53. The number of hydrogen-bond donors (Lipinski definition) is 2. The van der Waals surface area contributed by atoms with Crippen LogP contribution >= 0.6 is 0 Å². The number of anilines is 1. The molecule has 0 spiro atoms. The summed E-state index contributed by atoms with van der Waals surface area (Å²) in [5, 5.41) is 11.6. The van der Waals surface area contributed by atoms with Gasteiger partial charge in [-0.1, -0.05) is 18.2 Å². The molecule has 5 nitrogen and oxygen atoms in total. The summed E-state index contributed by atoms with van der Waals surface area (Å²) in [7, 11) is 0. The highest BCUT2D eigenvalue weighted by atomic mass is 16.1. The molecule has 1 aromatic carbocycles. The number of nitrogens with zero attached hydrogens (tertiary/aromatic N) is 2. The first-order valence-electron chi connectivity index (χ1n) is 5.03. The lowest BCUT2D eigenvalue weighted by atomic mass is 10.1. The molecule has 1 heterocycles. The summed E-state index contributed by atoms with van der Waals surface area (Å²) in [5.41, 5.74) is 7.22. The minimum absolute atomic E-state index is 0.0484. The number of pyridine rings is 1. The lowest BCUT2D eigenvalue weighted by Crippen LogP contribution is -2.24. The van der Waals surface area contributed by atoms with E-state index >= 15 is 0 Å². The zero-order valence-electron chi connectivity index (χ0n) is 8.97. The fraction of sp³-hybridized carbons (Fsp3) is 0.0833. The number of aromatic nitrogens is 1. The molecule has 5 heteroatoms. The van der Waals surface area contributed by atoms with Crippen LogP contribution in [0.4, 0.5) is 5.69 Å². The number of hydrogen-bond acceptors (Lipinski definition) is 4. The van der Waals surface area contributed by atoms with E-state index in [0.717, 1.165) is 5.39 Å². The number of nitrogen functional groups attached to an aromatic ring is 1. The molecule has 0 saturated heterocycles. The minimum Gasteiger partial charge on any atom is -0.398 e. The van der Waals surface area contributed by atoms with E-state index in [1.54, 1.807) is 6.07 Å². The molecule has 0 radical (unpaired) electrons. The predicted molar refractivity (Wildman–Crippen MR) is 64.1 cm³/mol. The monoisotopic (exact) mass is 226 g/mol. The van der Waals surface area contributed by atoms with Gasteiger partial charge in [-0.25, -0.2) is 4.98 Å². The molecular weight excluding hydrogens is 216 g/mol. The van der Waals surface area contributed by atoms with E-state index < -0.39 is 5.91 Å². The van der Waals surface area contributed by atoms with Gasteiger partial charge in [0, 0.05) is 11.1 Å². The van der Waals surface area contributed by atoms with Gasteiger partial charge in [0.15, 0.2) is 0 Å². The smallest absolute Gasteiger partial charge is 0.270 e. The second-order valence-corrected chi connectivity index (χ2v) is 3.45. The van der Waals surface area contributed by atoms with E-state index in [9.17, 15) is 4.79 Å². The second-order valence-electron chi connectivity index (χ2n) is 3.45. The summed E-state index contributed by atoms with van der Waals surface area (Å²) < 4.78 is 0. The van der Waals surface area contributed by atoms with E-state index in [1.807, 2.05) is 24.3 Å². The highest BCUT2D eigenvalue weighted by molar-refractivity contribution is 5.99. The maximum Gasteiger partial charge on any atom is 0.270 e. The number of amides is 1. The van der Waals surface area contributed by atoms with Crippen molar-refractivity contribution >= 4 is 22.5 Å². The van der Waals surface area contributed by atoms with Gasteiger partial charge in [-0.15, -0.1) is 0 Å². The van der Waals surface area contributed by atoms with Gasteiger partial charge < -0.3 is 11.1 Å². The van der Waals surface area contributed by atoms with Crippen LogP contribution in [0, 0.1) is 11.3 Å². The van der Waals surface area contributed by atoms with E-state index in [-0.39, 0.29) is 12.2 Å². The van der Waals surface area contributed by atoms with Gasteiger partial charge in [-0.05, 0) is 12.1 Å². The lowest BCUT2D eigenvalue weighted by molar-refractivity contribution is 0.0954. The van der Waals surface area contributed by atoms with Gasteiger partial charge in [0.25, 0.3) is 5.91 Å². The molecular formula is C12H10N4O. The van der Waals surface area contributed by atoms with Gasteiger partial charge in [-0.3, -0.25) is 4.79 Å². The van der Waals surface area contributed by atoms with Crippen molar-refractivity contribution in [3.63, 3.8) is 0 Å². The standard InChI is InChI=1S/C12H10N4O/c13-5-6-15-12(17)11-7-9(14)8-3-1-2-4-10(8)16-11/h1-4,7H,6H2,(H2,14,16)(H,15,17). The number of carbonyl (C=O) groups excluding carboxylic acids is 1. The van der Waals surface area contributed by atoms with Gasteiger partial charge >= 0.3 is 0 Å². The topological polar surface area (TPSA) is 91.8 Å². The number of rotatable bonds is 2. The number of fused-ring (bicyclic) bond motifs is 1. The molecule has 1 amide bonds. The van der Waals surface area contributed by atoms with Gasteiger partial charge in [0.1, 0.15) is 12.2 Å². The van der Waals surface area contributed by atoms with Crippen molar-refractivity contribution in [3.05, 3.63) is 36.0 Å². The first-order valence-corrected chi connectivity index (χ1v) is 5.03. The Morgan fingerprint density at radius 3 is 3.00 bits per heavy atom. The van der Waals surface area contributed by atoms with Crippen LogP contribution in [0.1, 0.15) is 10.5 Å². The van der Waals surface area contributed by atoms with Crippen molar-refractivity contribution in [3.8, 4) is 6.07 Å². The fourth-order valence-electron chi connectivity index (χ4n) is 1.53. The third-order valence-corrected chi connectivity index (χ3v) is 2.31. The van der Waals surface area contributed by atoms with Gasteiger partial charge in [-0.2, -0.15) is 5.26 Å². The Hall–Kier alpha value is -2.61. The van der Waals surface area contributed by atoms with E-state index in [1.165, 1.54) is 6.07 Å². The summed E-state index contributed by atoms with van der Waals surface area (Å²) in [6, 6.07) is 10.6. The molecule has 17 heavy (non-hydrogen) atoms. The molecule has 0 fully saturated rings. The molecule has 0 aliphatic carbocycles. The van der Waals surface area contributed by atoms with E-state index in [0.29, 0.717) is 11.2 Å². The van der Waals surface area contributed by atoms with Crippen LogP contribution in [0.25, 0.3) is 10.9 Å². The number of nitriles is 1. The minimum atomic E-state index is -0.399. The largest absolute Gasteiger partial charge is 0.398 e. The molecule has 84 valence electrons. The van der Waals surface area contributed by atoms with Crippen LogP contribution in [-0.2, 0) is 0 Å². The van der Waals surface area contributed by atoms with Crippen LogP contribution in [0.15, 0.2) is 30.3 Å². The molecule has 2 aromatic rings. The molecule has 0 unspecified atom stereocenters. The number of para-hydroxylation sites is 1. The number of nitrogens with one attached hydrogen (secondary N) is 1.